The Morgan fingerprint density at radius 2 is 1.27 bits per heavy atom. The van der Waals surface area contributed by atoms with E-state index in [9.17, 15) is 0 Å². The molecule has 0 radical (unpaired) electrons. The van der Waals surface area contributed by atoms with Crippen molar-refractivity contribution >= 4 is 6.08 Å². The third-order valence-corrected chi connectivity index (χ3v) is 4.55. The molecule has 4 rings (SSSR count). The van der Waals surface area contributed by atoms with Gasteiger partial charge in [-0.25, -0.2) is 0 Å². The predicted molar refractivity (Wildman–Crippen MR) is 116 cm³/mol. The molecule has 0 saturated heterocycles. The highest BCUT2D eigenvalue weighted by Gasteiger charge is 2.00. The summed E-state index contributed by atoms with van der Waals surface area (Å²) in [5.41, 5.74) is 8.36. The summed E-state index contributed by atoms with van der Waals surface area (Å²) in [7, 11) is 0. The van der Waals surface area contributed by atoms with Crippen LogP contribution in [0.4, 0.5) is 0 Å². The molecular formula is C26H30. The molecule has 0 aliphatic heterocycles. The molecule has 26 heavy (non-hydrogen) atoms. The molecule has 0 heterocycles. The van der Waals surface area contributed by atoms with Gasteiger partial charge in [-0.2, -0.15) is 0 Å². The summed E-state index contributed by atoms with van der Waals surface area (Å²) in [4.78, 5) is 0. The van der Waals surface area contributed by atoms with Crippen molar-refractivity contribution in [3.8, 4) is 0 Å². The second-order valence-corrected chi connectivity index (χ2v) is 6.74. The highest BCUT2D eigenvalue weighted by molar-refractivity contribution is 5.59. The number of hydrogen-bond donors (Lipinski definition) is 0. The van der Waals surface area contributed by atoms with Crippen molar-refractivity contribution in [2.75, 3.05) is 0 Å². The minimum Gasteiger partial charge on any atom is -0.0795 e. The van der Waals surface area contributed by atoms with Crippen LogP contribution in [0.25, 0.3) is 6.08 Å². The lowest BCUT2D eigenvalue weighted by atomic mass is 10.1. The maximum atomic E-state index is 2.20. The lowest BCUT2D eigenvalue weighted by molar-refractivity contribution is 1.11. The van der Waals surface area contributed by atoms with Crippen LogP contribution < -0.4 is 0 Å². The van der Waals surface area contributed by atoms with E-state index in [4.69, 9.17) is 0 Å². The minimum atomic E-state index is 1.12. The maximum absolute atomic E-state index is 2.20. The van der Waals surface area contributed by atoms with Gasteiger partial charge in [0.05, 0.1) is 0 Å². The van der Waals surface area contributed by atoms with E-state index in [-0.39, 0.29) is 0 Å². The molecular weight excluding hydrogens is 312 g/mol. The summed E-state index contributed by atoms with van der Waals surface area (Å²) in [6.07, 6.45) is 6.64. The summed E-state index contributed by atoms with van der Waals surface area (Å²) < 4.78 is 0. The summed E-state index contributed by atoms with van der Waals surface area (Å²) in [6.45, 7) is 8.53. The number of benzene rings is 3. The highest BCUT2D eigenvalue weighted by atomic mass is 14.0. The normalized spacial score (nSPS) is 10.9. The molecule has 0 aromatic heterocycles. The summed E-state index contributed by atoms with van der Waals surface area (Å²) in [5, 5.41) is 0. The van der Waals surface area contributed by atoms with Crippen molar-refractivity contribution in [2.45, 2.75) is 40.5 Å². The van der Waals surface area contributed by atoms with Crippen molar-refractivity contribution in [3.05, 3.63) is 112 Å². The fourth-order valence-electron chi connectivity index (χ4n) is 2.84. The molecule has 0 fully saturated rings. The highest BCUT2D eigenvalue weighted by Crippen LogP contribution is 2.17. The third-order valence-electron chi connectivity index (χ3n) is 4.55. The molecule has 0 saturated carbocycles. The first kappa shape index (κ1) is 19.7. The predicted octanol–water partition coefficient (Wildman–Crippen LogP) is 7.12. The first-order chi connectivity index (χ1) is 12.6. The van der Waals surface area contributed by atoms with Crippen LogP contribution in [0.2, 0.25) is 0 Å². The van der Waals surface area contributed by atoms with Crippen LogP contribution in [0.5, 0.6) is 0 Å². The third kappa shape index (κ3) is 6.37. The first-order valence-corrected chi connectivity index (χ1v) is 9.42. The van der Waals surface area contributed by atoms with E-state index in [0.717, 1.165) is 12.8 Å². The number of aryl methyl sites for hydroxylation is 4. The van der Waals surface area contributed by atoms with E-state index in [1.165, 1.54) is 33.4 Å². The van der Waals surface area contributed by atoms with Gasteiger partial charge in [-0.1, -0.05) is 103 Å². The summed E-state index contributed by atoms with van der Waals surface area (Å²) >= 11 is 0. The van der Waals surface area contributed by atoms with Crippen LogP contribution in [0.1, 0.15) is 40.3 Å². The summed E-state index contributed by atoms with van der Waals surface area (Å²) in [6, 6.07) is 25.5. The van der Waals surface area contributed by atoms with Crippen LogP contribution in [-0.2, 0) is 12.8 Å². The molecule has 0 atom stereocenters. The molecule has 0 heteroatoms. The molecule has 0 nitrogen and oxygen atoms in total. The topological polar surface area (TPSA) is 0 Å². The Labute approximate surface area is 159 Å². The van der Waals surface area contributed by atoms with Gasteiger partial charge in [0.25, 0.3) is 0 Å². The standard InChI is InChI=1S/C9H8.C9H12.C8H10/c1-2-5-9-7-3-6-8(9)4-1;1-3-9-7-5-4-6-8(9)2;1-7-3-5-8(2)6-4-7/h1-6H,7H2;4-7H,3H2,1-2H3;3-6H,1-2H3. The molecule has 0 unspecified atom stereocenters. The van der Waals surface area contributed by atoms with Crippen LogP contribution in [0.3, 0.4) is 0 Å². The van der Waals surface area contributed by atoms with E-state index in [1.54, 1.807) is 0 Å². The Kier molecular flexibility index (Phi) is 7.89. The SMILES string of the molecule is C1=Cc2ccccc2C1.CCc1ccccc1C.Cc1ccc(C)cc1. The molecule has 0 N–H and O–H groups in total. The van der Waals surface area contributed by atoms with Crippen LogP contribution >= 0.6 is 0 Å². The van der Waals surface area contributed by atoms with Crippen LogP contribution in [-0.4, -0.2) is 0 Å². The van der Waals surface area contributed by atoms with E-state index >= 15 is 0 Å². The molecule has 1 aliphatic rings. The molecule has 0 spiro atoms. The molecule has 0 bridgehead atoms. The Morgan fingerprint density at radius 1 is 0.692 bits per heavy atom. The summed E-state index contributed by atoms with van der Waals surface area (Å²) in [5.74, 6) is 0. The van der Waals surface area contributed by atoms with Crippen molar-refractivity contribution in [1.29, 1.82) is 0 Å². The average molecular weight is 343 g/mol. The smallest absolute Gasteiger partial charge is 0.00882 e. The number of rotatable bonds is 1. The first-order valence-electron chi connectivity index (χ1n) is 9.42. The average Bonchev–Trinajstić information content (AvgIpc) is 3.14. The number of fused-ring (bicyclic) bond motifs is 1. The fraction of sp³-hybridized carbons (Fsp3) is 0.231. The van der Waals surface area contributed by atoms with Crippen LogP contribution in [0.15, 0.2) is 78.9 Å². The zero-order chi connectivity index (χ0) is 18.8. The van der Waals surface area contributed by atoms with Crippen LogP contribution in [0, 0.1) is 20.8 Å². The largest absolute Gasteiger partial charge is 0.0795 e. The number of hydrogen-bond acceptors (Lipinski definition) is 0. The van der Waals surface area contributed by atoms with Gasteiger partial charge < -0.3 is 0 Å². The monoisotopic (exact) mass is 342 g/mol. The molecule has 0 amide bonds. The Bertz CT molecular complexity index is 796. The van der Waals surface area contributed by atoms with E-state index in [2.05, 4.69) is 113 Å². The second kappa shape index (κ2) is 10.4. The Hall–Kier alpha value is -2.60. The molecule has 3 aromatic carbocycles. The van der Waals surface area contributed by atoms with Gasteiger partial charge in [0.15, 0.2) is 0 Å². The van der Waals surface area contributed by atoms with Crippen molar-refractivity contribution < 1.29 is 0 Å². The zero-order valence-electron chi connectivity index (χ0n) is 16.5. The quantitative estimate of drug-likeness (QED) is 0.442. The second-order valence-electron chi connectivity index (χ2n) is 6.74. The van der Waals surface area contributed by atoms with Gasteiger partial charge in [0.2, 0.25) is 0 Å². The molecule has 3 aromatic rings. The zero-order valence-corrected chi connectivity index (χ0v) is 16.5. The Morgan fingerprint density at radius 3 is 1.81 bits per heavy atom. The van der Waals surface area contributed by atoms with E-state index in [0.29, 0.717) is 0 Å². The molecule has 1 aliphatic carbocycles. The Balaban J connectivity index is 0.000000141. The van der Waals surface area contributed by atoms with Crippen molar-refractivity contribution in [1.82, 2.24) is 0 Å². The van der Waals surface area contributed by atoms with E-state index in [1.807, 2.05) is 0 Å². The van der Waals surface area contributed by atoms with Crippen molar-refractivity contribution in [3.63, 3.8) is 0 Å². The minimum absolute atomic E-state index is 1.12. The lowest BCUT2D eigenvalue weighted by Gasteiger charge is -1.98. The van der Waals surface area contributed by atoms with E-state index < -0.39 is 0 Å². The number of allylic oxidation sites excluding steroid dienone is 1. The van der Waals surface area contributed by atoms with Gasteiger partial charge in [0, 0.05) is 0 Å². The lowest BCUT2D eigenvalue weighted by Crippen LogP contribution is -1.82. The van der Waals surface area contributed by atoms with Gasteiger partial charge in [0.1, 0.15) is 0 Å². The molecule has 134 valence electrons. The van der Waals surface area contributed by atoms with Gasteiger partial charge in [-0.3, -0.25) is 0 Å². The fourth-order valence-corrected chi connectivity index (χ4v) is 2.84. The van der Waals surface area contributed by atoms with Gasteiger partial charge in [-0.15, -0.1) is 0 Å². The van der Waals surface area contributed by atoms with Crippen molar-refractivity contribution in [2.24, 2.45) is 0 Å². The van der Waals surface area contributed by atoms with Gasteiger partial charge in [-0.05, 0) is 55.9 Å². The van der Waals surface area contributed by atoms with Gasteiger partial charge >= 0.3 is 0 Å². The maximum Gasteiger partial charge on any atom is -0.00882 e.